The summed E-state index contributed by atoms with van der Waals surface area (Å²) < 4.78 is 0. The van der Waals surface area contributed by atoms with Crippen LogP contribution < -0.4 is 10.6 Å². The van der Waals surface area contributed by atoms with Crippen LogP contribution >= 0.6 is 0 Å². The van der Waals surface area contributed by atoms with Gasteiger partial charge in [0.2, 0.25) is 0 Å². The van der Waals surface area contributed by atoms with Gasteiger partial charge in [-0.3, -0.25) is 4.79 Å². The number of urea groups is 1. The number of rotatable bonds is 8. The van der Waals surface area contributed by atoms with Gasteiger partial charge in [-0.25, -0.2) is 4.79 Å². The maximum absolute atomic E-state index is 11.6. The zero-order valence-corrected chi connectivity index (χ0v) is 12.7. The number of benzene rings is 1. The van der Waals surface area contributed by atoms with E-state index in [1.54, 1.807) is 12.1 Å². The highest BCUT2D eigenvalue weighted by molar-refractivity contribution is 5.89. The number of carbonyl (C=O) groups excluding carboxylic acids is 1. The third-order valence-electron chi connectivity index (χ3n) is 3.28. The lowest BCUT2D eigenvalue weighted by atomic mass is 9.98. The van der Waals surface area contributed by atoms with Crippen molar-refractivity contribution in [1.29, 1.82) is 0 Å². The molecule has 0 spiro atoms. The van der Waals surface area contributed by atoms with Gasteiger partial charge in [0, 0.05) is 12.2 Å². The number of carboxylic acids is 1. The van der Waals surface area contributed by atoms with Crippen molar-refractivity contribution >= 4 is 17.7 Å². The fraction of sp³-hybridized carbons (Fsp3) is 0.500. The summed E-state index contributed by atoms with van der Waals surface area (Å²) in [6.07, 6.45) is 3.32. The van der Waals surface area contributed by atoms with Crippen molar-refractivity contribution in [2.45, 2.75) is 45.4 Å². The molecule has 1 rings (SSSR count). The van der Waals surface area contributed by atoms with Crippen LogP contribution in [0.15, 0.2) is 24.3 Å². The van der Waals surface area contributed by atoms with Crippen LogP contribution in [0, 0.1) is 0 Å². The summed E-state index contributed by atoms with van der Waals surface area (Å²) in [6, 6.07) is 7.07. The maximum atomic E-state index is 11.6. The van der Waals surface area contributed by atoms with Crippen LogP contribution in [0.5, 0.6) is 0 Å². The molecule has 0 aliphatic rings. The van der Waals surface area contributed by atoms with Crippen LogP contribution in [-0.4, -0.2) is 23.7 Å². The lowest BCUT2D eigenvalue weighted by molar-refractivity contribution is -0.137. The summed E-state index contributed by atoms with van der Waals surface area (Å²) in [5.41, 5.74) is 1.65. The summed E-state index contributed by atoms with van der Waals surface area (Å²) in [6.45, 7) is 4.66. The second kappa shape index (κ2) is 9.00. The van der Waals surface area contributed by atoms with E-state index in [9.17, 15) is 9.59 Å². The summed E-state index contributed by atoms with van der Waals surface area (Å²) in [5.74, 6) is -0.851. The molecule has 1 aromatic rings. The van der Waals surface area contributed by atoms with E-state index in [1.807, 2.05) is 19.1 Å². The molecule has 1 atom stereocenters. The SMILES string of the molecule is CCCCCNC(=O)Nc1ccc(C(C)CC(=O)O)cc1. The zero-order valence-electron chi connectivity index (χ0n) is 12.7. The third kappa shape index (κ3) is 6.79. The molecule has 1 unspecified atom stereocenters. The minimum absolute atomic E-state index is 0.0422. The first-order valence-electron chi connectivity index (χ1n) is 7.39. The molecule has 0 radical (unpaired) electrons. The van der Waals surface area contributed by atoms with Crippen molar-refractivity contribution in [3.63, 3.8) is 0 Å². The van der Waals surface area contributed by atoms with Gasteiger partial charge in [0.25, 0.3) is 0 Å². The second-order valence-electron chi connectivity index (χ2n) is 5.21. The van der Waals surface area contributed by atoms with Gasteiger partial charge in [-0.2, -0.15) is 0 Å². The summed E-state index contributed by atoms with van der Waals surface area (Å²) in [5, 5.41) is 14.3. The summed E-state index contributed by atoms with van der Waals surface area (Å²) >= 11 is 0. The molecule has 3 N–H and O–H groups in total. The lowest BCUT2D eigenvalue weighted by Crippen LogP contribution is -2.29. The largest absolute Gasteiger partial charge is 0.481 e. The number of carboxylic acid groups (broad SMARTS) is 1. The van der Waals surface area contributed by atoms with Gasteiger partial charge in [0.05, 0.1) is 6.42 Å². The van der Waals surface area contributed by atoms with Gasteiger partial charge in [-0.05, 0) is 30.0 Å². The van der Waals surface area contributed by atoms with Crippen LogP contribution in [0.3, 0.4) is 0 Å². The minimum Gasteiger partial charge on any atom is -0.481 e. The Morgan fingerprint density at radius 3 is 2.43 bits per heavy atom. The van der Waals surface area contributed by atoms with Gasteiger partial charge in [-0.1, -0.05) is 38.8 Å². The molecule has 0 heterocycles. The fourth-order valence-electron chi connectivity index (χ4n) is 2.03. The van der Waals surface area contributed by atoms with Crippen LogP contribution in [-0.2, 0) is 4.79 Å². The zero-order chi connectivity index (χ0) is 15.7. The quantitative estimate of drug-likeness (QED) is 0.641. The number of hydrogen-bond donors (Lipinski definition) is 3. The first kappa shape index (κ1) is 17.0. The average molecular weight is 292 g/mol. The molecule has 0 saturated carbocycles. The van der Waals surface area contributed by atoms with Gasteiger partial charge >= 0.3 is 12.0 Å². The van der Waals surface area contributed by atoms with Crippen LogP contribution in [0.1, 0.15) is 51.0 Å². The van der Waals surface area contributed by atoms with Crippen LogP contribution in [0.2, 0.25) is 0 Å². The Balaban J connectivity index is 2.43. The number of aliphatic carboxylic acids is 1. The number of anilines is 1. The topological polar surface area (TPSA) is 78.4 Å². The fourth-order valence-corrected chi connectivity index (χ4v) is 2.03. The van der Waals surface area contributed by atoms with Gasteiger partial charge in [0.15, 0.2) is 0 Å². The highest BCUT2D eigenvalue weighted by Gasteiger charge is 2.10. The van der Waals surface area contributed by atoms with Gasteiger partial charge in [-0.15, -0.1) is 0 Å². The number of hydrogen-bond acceptors (Lipinski definition) is 2. The smallest absolute Gasteiger partial charge is 0.319 e. The minimum atomic E-state index is -0.809. The van der Waals surface area contributed by atoms with E-state index in [2.05, 4.69) is 17.6 Å². The van der Waals surface area contributed by atoms with Gasteiger partial charge in [0.1, 0.15) is 0 Å². The van der Waals surface area contributed by atoms with E-state index in [0.29, 0.717) is 12.2 Å². The Hall–Kier alpha value is -2.04. The molecule has 0 aliphatic carbocycles. The average Bonchev–Trinajstić information content (AvgIpc) is 2.43. The molecular weight excluding hydrogens is 268 g/mol. The van der Waals surface area contributed by atoms with Crippen molar-refractivity contribution in [3.05, 3.63) is 29.8 Å². The van der Waals surface area contributed by atoms with Crippen LogP contribution in [0.4, 0.5) is 10.5 Å². The van der Waals surface area contributed by atoms with E-state index in [4.69, 9.17) is 5.11 Å². The number of amides is 2. The van der Waals surface area contributed by atoms with E-state index in [1.165, 1.54) is 0 Å². The Morgan fingerprint density at radius 2 is 1.86 bits per heavy atom. The summed E-state index contributed by atoms with van der Waals surface area (Å²) in [7, 11) is 0. The molecule has 21 heavy (non-hydrogen) atoms. The van der Waals surface area contributed by atoms with Crippen molar-refractivity contribution in [2.24, 2.45) is 0 Å². The molecule has 0 fully saturated rings. The molecule has 0 aliphatic heterocycles. The van der Waals surface area contributed by atoms with Crippen molar-refractivity contribution < 1.29 is 14.7 Å². The molecule has 0 saturated heterocycles. The Labute approximate surface area is 125 Å². The normalized spacial score (nSPS) is 11.7. The Bertz CT molecular complexity index is 457. The molecule has 5 nitrogen and oxygen atoms in total. The monoisotopic (exact) mass is 292 g/mol. The maximum Gasteiger partial charge on any atom is 0.319 e. The number of carbonyl (C=O) groups is 2. The molecule has 2 amide bonds. The standard InChI is InChI=1S/C16H24N2O3/c1-3-4-5-10-17-16(21)18-14-8-6-13(7-9-14)12(2)11-15(19)20/h6-9,12H,3-5,10-11H2,1-2H3,(H,19,20)(H2,17,18,21). The van der Waals surface area contributed by atoms with E-state index >= 15 is 0 Å². The van der Waals surface area contributed by atoms with Crippen LogP contribution in [0.25, 0.3) is 0 Å². The molecule has 1 aromatic carbocycles. The summed E-state index contributed by atoms with van der Waals surface area (Å²) in [4.78, 5) is 22.3. The lowest BCUT2D eigenvalue weighted by Gasteiger charge is -2.11. The number of nitrogens with one attached hydrogen (secondary N) is 2. The second-order valence-corrected chi connectivity index (χ2v) is 5.21. The third-order valence-corrected chi connectivity index (χ3v) is 3.28. The Kier molecular flexibility index (Phi) is 7.29. The highest BCUT2D eigenvalue weighted by Crippen LogP contribution is 2.20. The first-order chi connectivity index (χ1) is 10.0. The van der Waals surface area contributed by atoms with E-state index in [-0.39, 0.29) is 18.4 Å². The van der Waals surface area contributed by atoms with Crippen molar-refractivity contribution in [2.75, 3.05) is 11.9 Å². The van der Waals surface area contributed by atoms with E-state index in [0.717, 1.165) is 24.8 Å². The van der Waals surface area contributed by atoms with Crippen molar-refractivity contribution in [3.8, 4) is 0 Å². The van der Waals surface area contributed by atoms with Crippen molar-refractivity contribution in [1.82, 2.24) is 5.32 Å². The molecule has 5 heteroatoms. The molecule has 0 aromatic heterocycles. The molecule has 0 bridgehead atoms. The molecule has 116 valence electrons. The first-order valence-corrected chi connectivity index (χ1v) is 7.39. The molecular formula is C16H24N2O3. The predicted molar refractivity (Wildman–Crippen MR) is 83.7 cm³/mol. The highest BCUT2D eigenvalue weighted by atomic mass is 16.4. The number of unbranched alkanes of at least 4 members (excludes halogenated alkanes) is 2. The Morgan fingerprint density at radius 1 is 1.19 bits per heavy atom. The predicted octanol–water partition coefficient (Wildman–Crippen LogP) is 3.58. The van der Waals surface area contributed by atoms with E-state index < -0.39 is 5.97 Å². The van der Waals surface area contributed by atoms with Gasteiger partial charge < -0.3 is 15.7 Å².